The molecular formula is C19H21N3O2S. The molecule has 0 aromatic heterocycles. The molecule has 2 amide bonds. The van der Waals surface area contributed by atoms with Crippen LogP contribution < -0.4 is 10.0 Å². The molecule has 0 aliphatic carbocycles. The van der Waals surface area contributed by atoms with Gasteiger partial charge in [0, 0.05) is 30.2 Å². The second-order valence-corrected chi connectivity index (χ2v) is 7.63. The molecule has 1 aliphatic heterocycles. The van der Waals surface area contributed by atoms with Gasteiger partial charge >= 0.3 is 0 Å². The molecule has 2 aromatic rings. The second-order valence-electron chi connectivity index (χ2n) is 6.25. The van der Waals surface area contributed by atoms with Gasteiger partial charge in [0.1, 0.15) is 0 Å². The van der Waals surface area contributed by atoms with Crippen molar-refractivity contribution in [3.8, 4) is 0 Å². The first kappa shape index (κ1) is 17.4. The monoisotopic (exact) mass is 355 g/mol. The van der Waals surface area contributed by atoms with E-state index < -0.39 is 0 Å². The molecule has 0 saturated carbocycles. The number of nitrogens with one attached hydrogen (secondary N) is 2. The average Bonchev–Trinajstić information content (AvgIpc) is 2.83. The maximum absolute atomic E-state index is 12.0. The maximum Gasteiger partial charge on any atom is 0.261 e. The van der Waals surface area contributed by atoms with Crippen molar-refractivity contribution in [1.29, 1.82) is 0 Å². The summed E-state index contributed by atoms with van der Waals surface area (Å²) in [6.45, 7) is 4.93. The molecule has 2 aromatic carbocycles. The highest BCUT2D eigenvalue weighted by molar-refractivity contribution is 8.01. The van der Waals surface area contributed by atoms with Crippen molar-refractivity contribution in [1.82, 2.24) is 4.90 Å². The number of anilines is 2. The highest BCUT2D eigenvalue weighted by atomic mass is 32.2. The van der Waals surface area contributed by atoms with Crippen LogP contribution in [0.3, 0.4) is 0 Å². The van der Waals surface area contributed by atoms with Crippen LogP contribution in [0, 0.1) is 0 Å². The van der Waals surface area contributed by atoms with Crippen molar-refractivity contribution >= 4 is 35.1 Å². The van der Waals surface area contributed by atoms with Crippen molar-refractivity contribution in [2.24, 2.45) is 0 Å². The van der Waals surface area contributed by atoms with Crippen LogP contribution in [0.1, 0.15) is 40.1 Å². The van der Waals surface area contributed by atoms with Crippen LogP contribution in [0.15, 0.2) is 42.5 Å². The lowest BCUT2D eigenvalue weighted by Crippen LogP contribution is -2.24. The van der Waals surface area contributed by atoms with Crippen molar-refractivity contribution in [3.05, 3.63) is 59.2 Å². The predicted octanol–water partition coefficient (Wildman–Crippen LogP) is 3.99. The number of hydrogen-bond donors (Lipinski definition) is 2. The normalized spacial score (nSPS) is 13.4. The standard InChI is InChI=1S/C19H21N3O2S/c1-12(2)25-21-14-6-4-13(5-7-14)11-20-15-8-9-16-17(10-15)19(24)22(3)18(16)23/h4-10,12,20-21H,11H2,1-3H3. The molecule has 0 fully saturated rings. The molecule has 5 nitrogen and oxygen atoms in total. The first-order valence-electron chi connectivity index (χ1n) is 8.16. The van der Waals surface area contributed by atoms with E-state index in [1.54, 1.807) is 24.1 Å². The molecule has 0 atom stereocenters. The van der Waals surface area contributed by atoms with E-state index in [4.69, 9.17) is 0 Å². The third kappa shape index (κ3) is 3.79. The molecular weight excluding hydrogens is 334 g/mol. The van der Waals surface area contributed by atoms with Gasteiger partial charge < -0.3 is 10.0 Å². The number of benzene rings is 2. The predicted molar refractivity (Wildman–Crippen MR) is 103 cm³/mol. The van der Waals surface area contributed by atoms with Gasteiger partial charge in [0.2, 0.25) is 0 Å². The molecule has 3 rings (SSSR count). The lowest BCUT2D eigenvalue weighted by molar-refractivity contribution is 0.0693. The number of carbonyl (C=O) groups excluding carboxylic acids is 2. The summed E-state index contributed by atoms with van der Waals surface area (Å²) in [6, 6.07) is 13.5. The minimum absolute atomic E-state index is 0.242. The van der Waals surface area contributed by atoms with E-state index in [0.717, 1.165) is 21.8 Å². The fourth-order valence-electron chi connectivity index (χ4n) is 2.55. The van der Waals surface area contributed by atoms with Gasteiger partial charge in [-0.2, -0.15) is 0 Å². The Balaban J connectivity index is 1.63. The van der Waals surface area contributed by atoms with Crippen LogP contribution in [0.2, 0.25) is 0 Å². The van der Waals surface area contributed by atoms with Gasteiger partial charge in [-0.25, -0.2) is 0 Å². The SMILES string of the molecule is CC(C)SNc1ccc(CNc2ccc3c(c2)C(=O)N(C)C3=O)cc1. The summed E-state index contributed by atoms with van der Waals surface area (Å²) < 4.78 is 3.31. The number of imide groups is 1. The van der Waals surface area contributed by atoms with Gasteiger partial charge in [-0.15, -0.1) is 0 Å². The zero-order chi connectivity index (χ0) is 18.0. The molecule has 1 heterocycles. The first-order valence-corrected chi connectivity index (χ1v) is 9.04. The first-order chi connectivity index (χ1) is 12.0. The summed E-state index contributed by atoms with van der Waals surface area (Å²) in [7, 11) is 1.50. The van der Waals surface area contributed by atoms with Gasteiger partial charge in [0.15, 0.2) is 0 Å². The van der Waals surface area contributed by atoms with E-state index >= 15 is 0 Å². The highest BCUT2D eigenvalue weighted by Crippen LogP contribution is 2.25. The Bertz CT molecular complexity index is 803. The van der Waals surface area contributed by atoms with Crippen LogP contribution >= 0.6 is 11.9 Å². The van der Waals surface area contributed by atoms with Crippen molar-refractivity contribution in [2.45, 2.75) is 25.6 Å². The zero-order valence-corrected chi connectivity index (χ0v) is 15.3. The molecule has 0 unspecified atom stereocenters. The fourth-order valence-corrected chi connectivity index (χ4v) is 3.06. The molecule has 0 radical (unpaired) electrons. The van der Waals surface area contributed by atoms with Gasteiger partial charge in [-0.1, -0.05) is 26.0 Å². The smallest absolute Gasteiger partial charge is 0.261 e. The van der Waals surface area contributed by atoms with Crippen molar-refractivity contribution in [2.75, 3.05) is 17.1 Å². The summed E-state index contributed by atoms with van der Waals surface area (Å²) >= 11 is 1.68. The number of fused-ring (bicyclic) bond motifs is 1. The summed E-state index contributed by atoms with van der Waals surface area (Å²) in [4.78, 5) is 25.1. The Morgan fingerprint density at radius 3 is 2.28 bits per heavy atom. The van der Waals surface area contributed by atoms with Crippen molar-refractivity contribution < 1.29 is 9.59 Å². The minimum Gasteiger partial charge on any atom is -0.381 e. The molecule has 0 saturated heterocycles. The number of rotatable bonds is 6. The molecule has 0 spiro atoms. The summed E-state index contributed by atoms with van der Waals surface area (Å²) in [5.74, 6) is -0.490. The Morgan fingerprint density at radius 2 is 1.60 bits per heavy atom. The number of hydrogen-bond acceptors (Lipinski definition) is 5. The number of amides is 2. The number of carbonyl (C=O) groups is 2. The summed E-state index contributed by atoms with van der Waals surface area (Å²) in [5.41, 5.74) is 3.97. The van der Waals surface area contributed by atoms with E-state index in [0.29, 0.717) is 22.9 Å². The van der Waals surface area contributed by atoms with Gasteiger partial charge in [-0.05, 0) is 47.8 Å². The van der Waals surface area contributed by atoms with Crippen LogP contribution in [0.25, 0.3) is 0 Å². The minimum atomic E-state index is -0.248. The average molecular weight is 355 g/mol. The van der Waals surface area contributed by atoms with Crippen LogP contribution in [-0.2, 0) is 6.54 Å². The highest BCUT2D eigenvalue weighted by Gasteiger charge is 2.32. The summed E-state index contributed by atoms with van der Waals surface area (Å²) in [5, 5.41) is 3.83. The molecule has 25 heavy (non-hydrogen) atoms. The fraction of sp³-hybridized carbons (Fsp3) is 0.263. The molecule has 0 bridgehead atoms. The Morgan fingerprint density at radius 1 is 0.960 bits per heavy atom. The van der Waals surface area contributed by atoms with Gasteiger partial charge in [-0.3, -0.25) is 14.5 Å². The van der Waals surface area contributed by atoms with Gasteiger partial charge in [0.25, 0.3) is 11.8 Å². The van der Waals surface area contributed by atoms with E-state index in [9.17, 15) is 9.59 Å². The third-order valence-electron chi connectivity index (χ3n) is 3.95. The molecule has 130 valence electrons. The van der Waals surface area contributed by atoms with E-state index in [1.165, 1.54) is 7.05 Å². The van der Waals surface area contributed by atoms with Crippen molar-refractivity contribution in [3.63, 3.8) is 0 Å². The topological polar surface area (TPSA) is 61.4 Å². The largest absolute Gasteiger partial charge is 0.381 e. The second kappa shape index (κ2) is 7.19. The molecule has 2 N–H and O–H groups in total. The van der Waals surface area contributed by atoms with Crippen LogP contribution in [-0.4, -0.2) is 29.0 Å². The van der Waals surface area contributed by atoms with E-state index in [1.807, 2.05) is 18.2 Å². The third-order valence-corrected chi connectivity index (χ3v) is 4.78. The van der Waals surface area contributed by atoms with E-state index in [-0.39, 0.29) is 11.8 Å². The lowest BCUT2D eigenvalue weighted by atomic mass is 10.1. The lowest BCUT2D eigenvalue weighted by Gasteiger charge is -2.10. The van der Waals surface area contributed by atoms with Crippen LogP contribution in [0.5, 0.6) is 0 Å². The Hall–Kier alpha value is -2.47. The van der Waals surface area contributed by atoms with E-state index in [2.05, 4.69) is 36.0 Å². The Kier molecular flexibility index (Phi) is 4.99. The maximum atomic E-state index is 12.0. The molecule has 1 aliphatic rings. The number of nitrogens with zero attached hydrogens (tertiary/aromatic N) is 1. The quantitative estimate of drug-likeness (QED) is 0.606. The van der Waals surface area contributed by atoms with Crippen LogP contribution in [0.4, 0.5) is 11.4 Å². The summed E-state index contributed by atoms with van der Waals surface area (Å²) in [6.07, 6.45) is 0. The Labute approximate surface area is 151 Å². The zero-order valence-electron chi connectivity index (χ0n) is 14.5. The molecule has 6 heteroatoms. The van der Waals surface area contributed by atoms with Gasteiger partial charge in [0.05, 0.1) is 11.1 Å².